The van der Waals surface area contributed by atoms with Crippen molar-refractivity contribution in [2.45, 2.75) is 52.7 Å². The molecule has 0 unspecified atom stereocenters. The van der Waals surface area contributed by atoms with E-state index in [4.69, 9.17) is 14.2 Å². The quantitative estimate of drug-likeness (QED) is 0.216. The van der Waals surface area contributed by atoms with Gasteiger partial charge in [-0.2, -0.15) is 0 Å². The highest BCUT2D eigenvalue weighted by Crippen LogP contribution is 2.34. The van der Waals surface area contributed by atoms with Crippen molar-refractivity contribution < 1.29 is 56.4 Å². The molecule has 1 aliphatic heterocycles. The van der Waals surface area contributed by atoms with Gasteiger partial charge >= 0.3 is 24.0 Å². The molecule has 220 valence electrons. The number of benzene rings is 1. The van der Waals surface area contributed by atoms with E-state index in [1.54, 1.807) is 41.5 Å². The van der Waals surface area contributed by atoms with E-state index in [9.17, 15) is 24.0 Å². The molecule has 0 spiro atoms. The smallest absolute Gasteiger partial charge is 0.410 e. The van der Waals surface area contributed by atoms with Crippen LogP contribution in [0.1, 0.15) is 62.3 Å². The van der Waals surface area contributed by atoms with E-state index in [2.05, 4.69) is 9.47 Å². The number of amides is 1. The van der Waals surface area contributed by atoms with Gasteiger partial charge in [-0.15, -0.1) is 0 Å². The number of hydrogen-bond acceptors (Lipinski definition) is 10. The van der Waals surface area contributed by atoms with E-state index >= 15 is 8.78 Å². The van der Waals surface area contributed by atoms with Crippen molar-refractivity contribution in [2.75, 3.05) is 33.9 Å². The predicted octanol–water partition coefficient (Wildman–Crippen LogP) is 3.59. The van der Waals surface area contributed by atoms with Crippen LogP contribution < -0.4 is 0 Å². The molecule has 1 heterocycles. The minimum atomic E-state index is -3.08. The van der Waals surface area contributed by atoms with Crippen molar-refractivity contribution in [2.24, 2.45) is 5.41 Å². The molecule has 0 bridgehead atoms. The number of nitrogens with zero attached hydrogens (tertiary/aromatic N) is 1. The molecule has 40 heavy (non-hydrogen) atoms. The zero-order valence-electron chi connectivity index (χ0n) is 23.6. The van der Waals surface area contributed by atoms with Gasteiger partial charge in [0.25, 0.3) is 0 Å². The van der Waals surface area contributed by atoms with Crippen LogP contribution in [0.3, 0.4) is 0 Å². The average molecular weight is 570 g/mol. The number of hydrogen-bond donors (Lipinski definition) is 0. The molecule has 0 aromatic heterocycles. The van der Waals surface area contributed by atoms with Gasteiger partial charge < -0.3 is 23.7 Å². The standard InChI is InChI=1S/C27H33F2NO10/c1-25(2,3)39-21(32)15-11-17(28)19(18(29)12-15)20(31)27(22(33)36-7,23(34)37-8)13-16-14-30(9-10-38-16)24(35)40-26(4,5)6/h11-13H,9-10,14H2,1-8H3/b16-13-. The van der Waals surface area contributed by atoms with Crippen LogP contribution in [0, 0.1) is 17.0 Å². The summed E-state index contributed by atoms with van der Waals surface area (Å²) in [6, 6.07) is 1.08. The molecule has 2 rings (SSSR count). The number of esters is 3. The third-order valence-electron chi connectivity index (χ3n) is 5.30. The van der Waals surface area contributed by atoms with Gasteiger partial charge in [0, 0.05) is 0 Å². The van der Waals surface area contributed by atoms with E-state index in [1.165, 1.54) is 4.90 Å². The fourth-order valence-electron chi connectivity index (χ4n) is 3.63. The van der Waals surface area contributed by atoms with Gasteiger partial charge in [0.15, 0.2) is 0 Å². The lowest BCUT2D eigenvalue weighted by atomic mass is 9.78. The van der Waals surface area contributed by atoms with Crippen LogP contribution in [0.4, 0.5) is 13.6 Å². The van der Waals surface area contributed by atoms with Crippen LogP contribution in [0.2, 0.25) is 0 Å². The molecule has 0 atom stereocenters. The Bertz CT molecular complexity index is 1190. The number of rotatable bonds is 6. The maximum atomic E-state index is 15.2. The summed E-state index contributed by atoms with van der Waals surface area (Å²) in [4.78, 5) is 65.8. The summed E-state index contributed by atoms with van der Waals surface area (Å²) in [6.07, 6.45) is -0.0472. The fourth-order valence-corrected chi connectivity index (χ4v) is 3.63. The van der Waals surface area contributed by atoms with E-state index in [0.717, 1.165) is 14.2 Å². The van der Waals surface area contributed by atoms with Crippen LogP contribution in [0.15, 0.2) is 24.0 Å². The molecule has 1 aromatic rings. The van der Waals surface area contributed by atoms with Crippen molar-refractivity contribution in [3.63, 3.8) is 0 Å². The van der Waals surface area contributed by atoms with Gasteiger partial charge in [-0.05, 0) is 59.8 Å². The second-order valence-electron chi connectivity index (χ2n) is 10.8. The molecule has 1 aromatic carbocycles. The maximum Gasteiger partial charge on any atom is 0.410 e. The minimum Gasteiger partial charge on any atom is -0.494 e. The molecule has 13 heteroatoms. The number of morpholine rings is 1. The second kappa shape index (κ2) is 12.0. The van der Waals surface area contributed by atoms with Crippen LogP contribution in [-0.4, -0.2) is 79.8 Å². The fraction of sp³-hybridized carbons (Fsp3) is 0.519. The topological polar surface area (TPSA) is 135 Å². The summed E-state index contributed by atoms with van der Waals surface area (Å²) in [6.45, 7) is 9.17. The van der Waals surface area contributed by atoms with Gasteiger partial charge in [-0.1, -0.05) is 0 Å². The predicted molar refractivity (Wildman–Crippen MR) is 134 cm³/mol. The van der Waals surface area contributed by atoms with E-state index < -0.39 is 69.2 Å². The number of ether oxygens (including phenoxy) is 5. The van der Waals surface area contributed by atoms with E-state index in [1.807, 2.05) is 0 Å². The van der Waals surface area contributed by atoms with Crippen LogP contribution in [-0.2, 0) is 33.3 Å². The summed E-state index contributed by atoms with van der Waals surface area (Å²) in [5.41, 5.74) is -6.77. The molecule has 0 radical (unpaired) electrons. The van der Waals surface area contributed by atoms with E-state index in [0.29, 0.717) is 18.2 Å². The molecule has 0 aliphatic carbocycles. The number of halogens is 2. The highest BCUT2D eigenvalue weighted by atomic mass is 19.1. The van der Waals surface area contributed by atoms with Crippen molar-refractivity contribution >= 4 is 29.8 Å². The molecule has 1 saturated heterocycles. The molecule has 0 saturated carbocycles. The van der Waals surface area contributed by atoms with Crippen molar-refractivity contribution in [1.82, 2.24) is 4.90 Å². The summed E-state index contributed by atoms with van der Waals surface area (Å²) in [5.74, 6) is -9.19. The van der Waals surface area contributed by atoms with Gasteiger partial charge in [-0.3, -0.25) is 9.69 Å². The van der Waals surface area contributed by atoms with Crippen molar-refractivity contribution in [1.29, 1.82) is 0 Å². The highest BCUT2D eigenvalue weighted by Gasteiger charge is 2.56. The zero-order valence-corrected chi connectivity index (χ0v) is 23.6. The molecule has 0 N–H and O–H groups in total. The molecule has 1 fully saturated rings. The Balaban J connectivity index is 2.64. The number of carbonyl (C=O) groups is 5. The Hall–Kier alpha value is -4.03. The first-order valence-corrected chi connectivity index (χ1v) is 12.1. The Morgan fingerprint density at radius 3 is 1.82 bits per heavy atom. The van der Waals surface area contributed by atoms with Gasteiger partial charge in [0.2, 0.25) is 11.2 Å². The highest BCUT2D eigenvalue weighted by molar-refractivity contribution is 6.27. The lowest BCUT2D eigenvalue weighted by Gasteiger charge is -2.32. The van der Waals surface area contributed by atoms with Gasteiger partial charge in [0.1, 0.15) is 35.2 Å². The lowest BCUT2D eigenvalue weighted by Crippen LogP contribution is -2.49. The number of Topliss-reactive ketones (excluding diaryl/α,β-unsaturated/α-hetero) is 1. The number of methoxy groups -OCH3 is 2. The SMILES string of the molecule is COC(=O)C(/C=C1/CN(C(=O)OC(C)(C)C)CCO1)(C(=O)OC)C(=O)c1c(F)cc(C(=O)OC(C)(C)C)cc1F. The van der Waals surface area contributed by atoms with E-state index in [-0.39, 0.29) is 25.5 Å². The van der Waals surface area contributed by atoms with Crippen LogP contribution in [0.5, 0.6) is 0 Å². The first kappa shape index (κ1) is 32.2. The molecule has 11 nitrogen and oxygen atoms in total. The maximum absolute atomic E-state index is 15.2. The monoisotopic (exact) mass is 569 g/mol. The number of ketones is 1. The number of carbonyl (C=O) groups excluding carboxylic acids is 5. The normalized spacial score (nSPS) is 15.2. The molecule has 1 aliphatic rings. The molecule has 1 amide bonds. The van der Waals surface area contributed by atoms with Crippen molar-refractivity contribution in [3.05, 3.63) is 46.7 Å². The first-order chi connectivity index (χ1) is 18.4. The summed E-state index contributed by atoms with van der Waals surface area (Å²) in [7, 11) is 1.69. The summed E-state index contributed by atoms with van der Waals surface area (Å²) >= 11 is 0. The zero-order chi connectivity index (χ0) is 30.6. The Morgan fingerprint density at radius 2 is 1.38 bits per heavy atom. The lowest BCUT2D eigenvalue weighted by molar-refractivity contribution is -0.161. The summed E-state index contributed by atoms with van der Waals surface area (Å²) in [5, 5.41) is 0. The molecular formula is C27H33F2NO10. The Labute approximate surface area is 230 Å². The van der Waals surface area contributed by atoms with Crippen LogP contribution >= 0.6 is 0 Å². The minimum absolute atomic E-state index is 0.0685. The summed E-state index contributed by atoms with van der Waals surface area (Å²) < 4.78 is 55.7. The van der Waals surface area contributed by atoms with Gasteiger partial charge in [-0.25, -0.2) is 28.0 Å². The van der Waals surface area contributed by atoms with Gasteiger partial charge in [0.05, 0.1) is 38.4 Å². The average Bonchev–Trinajstić information content (AvgIpc) is 2.83. The molecular weight excluding hydrogens is 536 g/mol. The van der Waals surface area contributed by atoms with Crippen LogP contribution in [0.25, 0.3) is 0 Å². The van der Waals surface area contributed by atoms with Crippen molar-refractivity contribution in [3.8, 4) is 0 Å². The second-order valence-corrected chi connectivity index (χ2v) is 10.8. The Kier molecular flexibility index (Phi) is 9.66. The third-order valence-corrected chi connectivity index (χ3v) is 5.30. The largest absolute Gasteiger partial charge is 0.494 e. The first-order valence-electron chi connectivity index (χ1n) is 12.1. The third kappa shape index (κ3) is 7.33. The Morgan fingerprint density at radius 1 is 0.875 bits per heavy atom.